The minimum absolute atomic E-state index is 0.0359. The lowest BCUT2D eigenvalue weighted by Gasteiger charge is -2.09. The van der Waals surface area contributed by atoms with Crippen LogP contribution in [0.2, 0.25) is 5.02 Å². The van der Waals surface area contributed by atoms with E-state index in [1.165, 1.54) is 18.2 Å². The molecular formula is C10H11ClN2O2S. The van der Waals surface area contributed by atoms with E-state index in [9.17, 15) is 8.42 Å². The second kappa shape index (κ2) is 4.74. The lowest BCUT2D eigenvalue weighted by Crippen LogP contribution is -2.31. The van der Waals surface area contributed by atoms with Gasteiger partial charge in [0.1, 0.15) is 0 Å². The molecule has 6 heteroatoms. The largest absolute Gasteiger partial charge is 0.398 e. The first-order valence-electron chi connectivity index (χ1n) is 4.40. The molecule has 0 saturated heterocycles. The summed E-state index contributed by atoms with van der Waals surface area (Å²) in [6, 6.07) is 3.49. The highest BCUT2D eigenvalue weighted by Crippen LogP contribution is 2.22. The van der Waals surface area contributed by atoms with Crippen LogP contribution in [0, 0.1) is 12.3 Å². The number of halogens is 1. The van der Waals surface area contributed by atoms with Gasteiger partial charge in [0.15, 0.2) is 0 Å². The fourth-order valence-electron chi connectivity index (χ4n) is 1.01. The van der Waals surface area contributed by atoms with Crippen molar-refractivity contribution in [3.05, 3.63) is 23.2 Å². The molecule has 0 aliphatic carbocycles. The first-order valence-corrected chi connectivity index (χ1v) is 6.26. The van der Waals surface area contributed by atoms with Crippen molar-refractivity contribution in [3.63, 3.8) is 0 Å². The zero-order valence-electron chi connectivity index (χ0n) is 8.57. The molecule has 0 bridgehead atoms. The van der Waals surface area contributed by atoms with E-state index < -0.39 is 16.1 Å². The predicted octanol–water partition coefficient (Wildman–Crippen LogP) is 1.22. The van der Waals surface area contributed by atoms with Crippen molar-refractivity contribution in [2.45, 2.75) is 17.9 Å². The average molecular weight is 259 g/mol. The Morgan fingerprint density at radius 2 is 2.19 bits per heavy atom. The van der Waals surface area contributed by atoms with Crippen LogP contribution in [0.25, 0.3) is 0 Å². The third kappa shape index (κ3) is 2.89. The van der Waals surface area contributed by atoms with E-state index >= 15 is 0 Å². The van der Waals surface area contributed by atoms with E-state index in [0.29, 0.717) is 5.69 Å². The third-order valence-corrected chi connectivity index (χ3v) is 3.73. The van der Waals surface area contributed by atoms with E-state index in [4.69, 9.17) is 23.8 Å². The van der Waals surface area contributed by atoms with Crippen LogP contribution in [0.5, 0.6) is 0 Å². The zero-order valence-corrected chi connectivity index (χ0v) is 10.1. The van der Waals surface area contributed by atoms with Crippen molar-refractivity contribution in [2.75, 3.05) is 5.73 Å². The monoisotopic (exact) mass is 258 g/mol. The Bertz CT molecular complexity index is 534. The molecule has 1 aromatic carbocycles. The van der Waals surface area contributed by atoms with Crippen molar-refractivity contribution in [1.82, 2.24) is 4.72 Å². The van der Waals surface area contributed by atoms with Gasteiger partial charge in [0, 0.05) is 0 Å². The molecule has 0 radical (unpaired) electrons. The highest BCUT2D eigenvalue weighted by Gasteiger charge is 2.16. The van der Waals surface area contributed by atoms with E-state index in [2.05, 4.69) is 10.6 Å². The SMILES string of the molecule is C#CC(C)NS(=O)(=O)c1ccc(N)c(Cl)c1. The second-order valence-electron chi connectivity index (χ2n) is 3.19. The van der Waals surface area contributed by atoms with Gasteiger partial charge < -0.3 is 5.73 Å². The molecule has 0 heterocycles. The average Bonchev–Trinajstić information content (AvgIpc) is 2.21. The first-order chi connectivity index (χ1) is 7.36. The molecule has 1 atom stereocenters. The number of nitrogen functional groups attached to an aromatic ring is 1. The molecule has 16 heavy (non-hydrogen) atoms. The summed E-state index contributed by atoms with van der Waals surface area (Å²) in [7, 11) is -3.64. The minimum atomic E-state index is -3.64. The van der Waals surface area contributed by atoms with Gasteiger partial charge in [0.05, 0.1) is 21.6 Å². The van der Waals surface area contributed by atoms with Gasteiger partial charge in [-0.1, -0.05) is 17.5 Å². The molecule has 0 spiro atoms. The third-order valence-electron chi connectivity index (χ3n) is 1.86. The Morgan fingerprint density at radius 1 is 1.56 bits per heavy atom. The number of terminal acetylenes is 1. The molecule has 0 fully saturated rings. The van der Waals surface area contributed by atoms with Gasteiger partial charge in [-0.15, -0.1) is 6.42 Å². The molecule has 86 valence electrons. The van der Waals surface area contributed by atoms with Crippen LogP contribution in [0.1, 0.15) is 6.92 Å². The molecule has 1 aromatic rings. The molecule has 0 aromatic heterocycles. The first kappa shape index (κ1) is 12.8. The maximum Gasteiger partial charge on any atom is 0.241 e. The van der Waals surface area contributed by atoms with Gasteiger partial charge in [-0.3, -0.25) is 0 Å². The smallest absolute Gasteiger partial charge is 0.241 e. The summed E-state index contributed by atoms with van der Waals surface area (Å²) in [5.41, 5.74) is 5.80. The number of hydrogen-bond acceptors (Lipinski definition) is 3. The highest BCUT2D eigenvalue weighted by molar-refractivity contribution is 7.89. The molecule has 0 amide bonds. The quantitative estimate of drug-likeness (QED) is 0.633. The number of nitrogens with two attached hydrogens (primary N) is 1. The minimum Gasteiger partial charge on any atom is -0.398 e. The van der Waals surface area contributed by atoms with Crippen LogP contribution in [-0.2, 0) is 10.0 Å². The maximum atomic E-state index is 11.8. The predicted molar refractivity (Wildman–Crippen MR) is 64.5 cm³/mol. The van der Waals surface area contributed by atoms with Crippen molar-refractivity contribution in [1.29, 1.82) is 0 Å². The van der Waals surface area contributed by atoms with E-state index in [0.717, 1.165) is 0 Å². The van der Waals surface area contributed by atoms with Crippen LogP contribution >= 0.6 is 11.6 Å². The lowest BCUT2D eigenvalue weighted by molar-refractivity contribution is 0.577. The molecule has 3 N–H and O–H groups in total. The number of sulfonamides is 1. The topological polar surface area (TPSA) is 72.2 Å². The molecule has 0 saturated carbocycles. The van der Waals surface area contributed by atoms with Crippen molar-refractivity contribution in [3.8, 4) is 12.3 Å². The summed E-state index contributed by atoms with van der Waals surface area (Å²) in [4.78, 5) is 0.0359. The number of rotatable bonds is 3. The van der Waals surface area contributed by atoms with Crippen LogP contribution in [-0.4, -0.2) is 14.5 Å². The van der Waals surface area contributed by atoms with E-state index in [1.54, 1.807) is 6.92 Å². The molecule has 4 nitrogen and oxygen atoms in total. The summed E-state index contributed by atoms with van der Waals surface area (Å²) in [5.74, 6) is 2.27. The van der Waals surface area contributed by atoms with E-state index in [1.807, 2.05) is 0 Å². The molecule has 1 rings (SSSR count). The number of hydrogen-bond donors (Lipinski definition) is 2. The summed E-state index contributed by atoms with van der Waals surface area (Å²) in [5, 5.41) is 0.191. The fourth-order valence-corrected chi connectivity index (χ4v) is 2.44. The summed E-state index contributed by atoms with van der Waals surface area (Å²) < 4.78 is 25.8. The fraction of sp³-hybridized carbons (Fsp3) is 0.200. The Labute approximate surface area is 99.8 Å². The standard InChI is InChI=1S/C10H11ClN2O2S/c1-3-7(2)13-16(14,15)8-4-5-10(12)9(11)6-8/h1,4-7,13H,12H2,2H3. The van der Waals surface area contributed by atoms with Crippen LogP contribution < -0.4 is 10.5 Å². The van der Waals surface area contributed by atoms with Crippen molar-refractivity contribution < 1.29 is 8.42 Å². The molecular weight excluding hydrogens is 248 g/mol. The lowest BCUT2D eigenvalue weighted by atomic mass is 10.3. The van der Waals surface area contributed by atoms with Gasteiger partial charge in [0.2, 0.25) is 10.0 Å². The van der Waals surface area contributed by atoms with Gasteiger partial charge >= 0.3 is 0 Å². The van der Waals surface area contributed by atoms with Gasteiger partial charge in [-0.25, -0.2) is 8.42 Å². The summed E-state index contributed by atoms with van der Waals surface area (Å²) in [6.07, 6.45) is 5.09. The molecule has 0 aliphatic heterocycles. The van der Waals surface area contributed by atoms with Crippen LogP contribution in [0.3, 0.4) is 0 Å². The molecule has 0 aliphatic rings. The zero-order chi connectivity index (χ0) is 12.3. The van der Waals surface area contributed by atoms with Gasteiger partial charge in [-0.2, -0.15) is 4.72 Å². The summed E-state index contributed by atoms with van der Waals surface area (Å²) >= 11 is 5.73. The normalized spacial score (nSPS) is 13.1. The number of anilines is 1. The Kier molecular flexibility index (Phi) is 3.81. The van der Waals surface area contributed by atoms with Gasteiger partial charge in [0.25, 0.3) is 0 Å². The second-order valence-corrected chi connectivity index (χ2v) is 5.31. The van der Waals surface area contributed by atoms with Crippen LogP contribution in [0.4, 0.5) is 5.69 Å². The van der Waals surface area contributed by atoms with Crippen molar-refractivity contribution >= 4 is 27.3 Å². The number of nitrogens with one attached hydrogen (secondary N) is 1. The molecule has 1 unspecified atom stereocenters. The van der Waals surface area contributed by atoms with E-state index in [-0.39, 0.29) is 9.92 Å². The number of benzene rings is 1. The maximum absolute atomic E-state index is 11.8. The Morgan fingerprint density at radius 3 is 2.69 bits per heavy atom. The Hall–Kier alpha value is -1.22. The summed E-state index contributed by atoms with van der Waals surface area (Å²) in [6.45, 7) is 1.57. The van der Waals surface area contributed by atoms with Crippen LogP contribution in [0.15, 0.2) is 23.1 Å². The van der Waals surface area contributed by atoms with Gasteiger partial charge in [-0.05, 0) is 25.1 Å². The highest BCUT2D eigenvalue weighted by atomic mass is 35.5. The van der Waals surface area contributed by atoms with Crippen molar-refractivity contribution in [2.24, 2.45) is 0 Å². The Balaban J connectivity index is 3.09.